The van der Waals surface area contributed by atoms with Crippen molar-refractivity contribution >= 4 is 0 Å². The molecule has 1 atom stereocenters. The molecule has 0 bridgehead atoms. The number of nitrogens with one attached hydrogen (secondary N) is 1. The summed E-state index contributed by atoms with van der Waals surface area (Å²) in [5.41, 5.74) is 0.897. The minimum absolute atomic E-state index is 0.198. The van der Waals surface area contributed by atoms with Gasteiger partial charge >= 0.3 is 0 Å². The SMILES string of the molecule is CCCNC(c1nccnc1OC)C(C)C. The van der Waals surface area contributed by atoms with Crippen molar-refractivity contribution in [3.05, 3.63) is 18.1 Å². The Morgan fingerprint density at radius 3 is 2.56 bits per heavy atom. The Bertz CT molecular complexity index is 315. The summed E-state index contributed by atoms with van der Waals surface area (Å²) in [4.78, 5) is 8.56. The largest absolute Gasteiger partial charge is 0.480 e. The summed E-state index contributed by atoms with van der Waals surface area (Å²) in [6, 6.07) is 0.198. The van der Waals surface area contributed by atoms with Gasteiger partial charge in [0.1, 0.15) is 5.69 Å². The van der Waals surface area contributed by atoms with E-state index in [1.165, 1.54) is 0 Å². The first-order chi connectivity index (χ1) is 7.70. The molecule has 0 radical (unpaired) electrons. The Morgan fingerprint density at radius 2 is 2.00 bits per heavy atom. The first-order valence-electron chi connectivity index (χ1n) is 5.79. The lowest BCUT2D eigenvalue weighted by atomic mass is 10.0. The van der Waals surface area contributed by atoms with Crippen molar-refractivity contribution in [1.29, 1.82) is 0 Å². The van der Waals surface area contributed by atoms with Crippen molar-refractivity contribution in [1.82, 2.24) is 15.3 Å². The maximum Gasteiger partial charge on any atom is 0.237 e. The van der Waals surface area contributed by atoms with Crippen molar-refractivity contribution in [2.24, 2.45) is 5.92 Å². The molecular formula is C12H21N3O. The highest BCUT2D eigenvalue weighted by Gasteiger charge is 2.20. The summed E-state index contributed by atoms with van der Waals surface area (Å²) < 4.78 is 5.24. The summed E-state index contributed by atoms with van der Waals surface area (Å²) in [5, 5.41) is 3.48. The van der Waals surface area contributed by atoms with E-state index >= 15 is 0 Å². The van der Waals surface area contributed by atoms with Crippen LogP contribution in [0, 0.1) is 5.92 Å². The lowest BCUT2D eigenvalue weighted by Gasteiger charge is -2.22. The van der Waals surface area contributed by atoms with Crippen LogP contribution in [0.25, 0.3) is 0 Å². The molecule has 1 aromatic heterocycles. The first kappa shape index (κ1) is 12.9. The molecule has 0 amide bonds. The van der Waals surface area contributed by atoms with E-state index in [1.54, 1.807) is 19.5 Å². The van der Waals surface area contributed by atoms with Gasteiger partial charge in [0.25, 0.3) is 0 Å². The van der Waals surface area contributed by atoms with Crippen LogP contribution in [0.3, 0.4) is 0 Å². The molecule has 0 aromatic carbocycles. The Balaban J connectivity index is 2.91. The van der Waals surface area contributed by atoms with Crippen LogP contribution in [-0.2, 0) is 0 Å². The number of ether oxygens (including phenoxy) is 1. The third-order valence-corrected chi connectivity index (χ3v) is 2.46. The molecule has 1 rings (SSSR count). The standard InChI is InChI=1S/C12H21N3O/c1-5-6-13-10(9(2)3)11-12(16-4)15-8-7-14-11/h7-10,13H,5-6H2,1-4H3. The van der Waals surface area contributed by atoms with Gasteiger partial charge < -0.3 is 10.1 Å². The highest BCUT2D eigenvalue weighted by molar-refractivity contribution is 5.21. The van der Waals surface area contributed by atoms with E-state index in [2.05, 4.69) is 36.1 Å². The fourth-order valence-electron chi connectivity index (χ4n) is 1.65. The summed E-state index contributed by atoms with van der Waals surface area (Å²) in [5.74, 6) is 1.07. The second-order valence-corrected chi connectivity index (χ2v) is 4.13. The Hall–Kier alpha value is -1.16. The van der Waals surface area contributed by atoms with Crippen molar-refractivity contribution in [2.45, 2.75) is 33.2 Å². The molecule has 4 nitrogen and oxygen atoms in total. The lowest BCUT2D eigenvalue weighted by molar-refractivity contribution is 0.351. The van der Waals surface area contributed by atoms with Gasteiger partial charge in [-0.25, -0.2) is 4.98 Å². The van der Waals surface area contributed by atoms with E-state index in [1.807, 2.05) is 0 Å². The molecule has 16 heavy (non-hydrogen) atoms. The monoisotopic (exact) mass is 223 g/mol. The average molecular weight is 223 g/mol. The molecular weight excluding hydrogens is 202 g/mol. The Kier molecular flexibility index (Phi) is 5.19. The van der Waals surface area contributed by atoms with E-state index in [9.17, 15) is 0 Å². The minimum Gasteiger partial charge on any atom is -0.480 e. The fraction of sp³-hybridized carbons (Fsp3) is 0.667. The van der Waals surface area contributed by atoms with Crippen LogP contribution in [0.2, 0.25) is 0 Å². The van der Waals surface area contributed by atoms with Gasteiger partial charge in [0, 0.05) is 12.4 Å². The zero-order chi connectivity index (χ0) is 12.0. The molecule has 90 valence electrons. The summed E-state index contributed by atoms with van der Waals surface area (Å²) in [7, 11) is 1.63. The number of nitrogens with zero attached hydrogens (tertiary/aromatic N) is 2. The maximum absolute atomic E-state index is 5.24. The number of methoxy groups -OCH3 is 1. The zero-order valence-electron chi connectivity index (χ0n) is 10.5. The van der Waals surface area contributed by atoms with E-state index in [0.29, 0.717) is 11.8 Å². The van der Waals surface area contributed by atoms with Gasteiger partial charge in [-0.05, 0) is 18.9 Å². The van der Waals surface area contributed by atoms with Gasteiger partial charge in [0.2, 0.25) is 5.88 Å². The van der Waals surface area contributed by atoms with Crippen LogP contribution in [0.4, 0.5) is 0 Å². The molecule has 4 heteroatoms. The van der Waals surface area contributed by atoms with Crippen LogP contribution < -0.4 is 10.1 Å². The molecule has 1 unspecified atom stereocenters. The minimum atomic E-state index is 0.198. The van der Waals surface area contributed by atoms with Gasteiger partial charge in [0.05, 0.1) is 13.2 Å². The van der Waals surface area contributed by atoms with E-state index in [0.717, 1.165) is 18.7 Å². The van der Waals surface area contributed by atoms with Crippen LogP contribution in [0.1, 0.15) is 38.9 Å². The van der Waals surface area contributed by atoms with Crippen LogP contribution in [0.15, 0.2) is 12.4 Å². The molecule has 0 saturated carbocycles. The second kappa shape index (κ2) is 6.43. The van der Waals surface area contributed by atoms with Gasteiger partial charge in [-0.15, -0.1) is 0 Å². The predicted octanol–water partition coefficient (Wildman–Crippen LogP) is 2.18. The molecule has 1 N–H and O–H groups in total. The third-order valence-electron chi connectivity index (χ3n) is 2.46. The first-order valence-corrected chi connectivity index (χ1v) is 5.79. The number of hydrogen-bond donors (Lipinski definition) is 1. The summed E-state index contributed by atoms with van der Waals surface area (Å²) in [6.07, 6.45) is 4.46. The lowest BCUT2D eigenvalue weighted by Crippen LogP contribution is -2.27. The predicted molar refractivity (Wildman–Crippen MR) is 64.5 cm³/mol. The fourth-order valence-corrected chi connectivity index (χ4v) is 1.65. The maximum atomic E-state index is 5.24. The number of aromatic nitrogens is 2. The number of hydrogen-bond acceptors (Lipinski definition) is 4. The Labute approximate surface area is 97.5 Å². The summed E-state index contributed by atoms with van der Waals surface area (Å²) >= 11 is 0. The van der Waals surface area contributed by atoms with Crippen LogP contribution >= 0.6 is 0 Å². The van der Waals surface area contributed by atoms with E-state index < -0.39 is 0 Å². The molecule has 0 aliphatic rings. The van der Waals surface area contributed by atoms with Gasteiger partial charge in [-0.3, -0.25) is 4.98 Å². The highest BCUT2D eigenvalue weighted by Crippen LogP contribution is 2.25. The zero-order valence-corrected chi connectivity index (χ0v) is 10.5. The van der Waals surface area contributed by atoms with Gasteiger partial charge in [0.15, 0.2) is 0 Å². The molecule has 0 fully saturated rings. The quantitative estimate of drug-likeness (QED) is 0.803. The smallest absolute Gasteiger partial charge is 0.237 e. The highest BCUT2D eigenvalue weighted by atomic mass is 16.5. The molecule has 0 saturated heterocycles. The van der Waals surface area contributed by atoms with Crippen molar-refractivity contribution in [2.75, 3.05) is 13.7 Å². The average Bonchev–Trinajstić information content (AvgIpc) is 2.29. The Morgan fingerprint density at radius 1 is 1.31 bits per heavy atom. The topological polar surface area (TPSA) is 47.0 Å². The van der Waals surface area contributed by atoms with Crippen LogP contribution in [-0.4, -0.2) is 23.6 Å². The second-order valence-electron chi connectivity index (χ2n) is 4.13. The molecule has 0 spiro atoms. The van der Waals surface area contributed by atoms with Crippen molar-refractivity contribution < 1.29 is 4.74 Å². The van der Waals surface area contributed by atoms with Gasteiger partial charge in [-0.2, -0.15) is 0 Å². The molecule has 1 heterocycles. The van der Waals surface area contributed by atoms with Crippen LogP contribution in [0.5, 0.6) is 5.88 Å². The number of rotatable bonds is 6. The van der Waals surface area contributed by atoms with E-state index in [4.69, 9.17) is 4.74 Å². The normalized spacial score (nSPS) is 12.8. The molecule has 0 aliphatic heterocycles. The molecule has 0 aliphatic carbocycles. The molecule has 1 aromatic rings. The van der Waals surface area contributed by atoms with Gasteiger partial charge in [-0.1, -0.05) is 20.8 Å². The summed E-state index contributed by atoms with van der Waals surface area (Å²) in [6.45, 7) is 7.46. The van der Waals surface area contributed by atoms with Crippen molar-refractivity contribution in [3.8, 4) is 5.88 Å². The third kappa shape index (κ3) is 3.17. The van der Waals surface area contributed by atoms with E-state index in [-0.39, 0.29) is 6.04 Å². The van der Waals surface area contributed by atoms with Crippen molar-refractivity contribution in [3.63, 3.8) is 0 Å².